The molecule has 2 aliphatic rings. The number of nitrogens with zero attached hydrogens (tertiary/aromatic N) is 4. The highest BCUT2D eigenvalue weighted by atomic mass is 16.6. The zero-order chi connectivity index (χ0) is 15.8. The Hall–Kier alpha value is -2.19. The van der Waals surface area contributed by atoms with Crippen LogP contribution in [-0.4, -0.2) is 57.6 Å². The summed E-state index contributed by atoms with van der Waals surface area (Å²) in [5.74, 6) is 0.267. The molecule has 2 atom stereocenters. The first-order valence-electron chi connectivity index (χ1n) is 7.93. The van der Waals surface area contributed by atoms with Crippen molar-refractivity contribution >= 4 is 17.3 Å². The first kappa shape index (κ1) is 14.4. The maximum absolute atomic E-state index is 11.4. The van der Waals surface area contributed by atoms with Crippen LogP contribution in [0.25, 0.3) is 5.65 Å². The Morgan fingerprint density at radius 2 is 2.39 bits per heavy atom. The Labute approximate surface area is 133 Å². The van der Waals surface area contributed by atoms with E-state index >= 15 is 0 Å². The average Bonchev–Trinajstić information content (AvgIpc) is 3.16. The van der Waals surface area contributed by atoms with Crippen LogP contribution in [0.15, 0.2) is 24.4 Å². The van der Waals surface area contributed by atoms with Gasteiger partial charge in [0.25, 0.3) is 0 Å². The van der Waals surface area contributed by atoms with Crippen molar-refractivity contribution < 1.29 is 9.66 Å². The number of nitrogens with one attached hydrogen (secondary N) is 1. The predicted molar refractivity (Wildman–Crippen MR) is 84.7 cm³/mol. The molecule has 2 aromatic rings. The zero-order valence-corrected chi connectivity index (χ0v) is 12.7. The van der Waals surface area contributed by atoms with Gasteiger partial charge in [0, 0.05) is 25.2 Å². The summed E-state index contributed by atoms with van der Waals surface area (Å²) >= 11 is 0. The van der Waals surface area contributed by atoms with E-state index in [9.17, 15) is 10.1 Å². The summed E-state index contributed by atoms with van der Waals surface area (Å²) in [7, 11) is 0. The molecule has 0 saturated carbocycles. The van der Waals surface area contributed by atoms with Crippen molar-refractivity contribution in [1.82, 2.24) is 14.3 Å². The number of rotatable bonds is 4. The van der Waals surface area contributed by atoms with Crippen molar-refractivity contribution in [1.29, 1.82) is 0 Å². The second-order valence-corrected chi connectivity index (χ2v) is 6.10. The lowest BCUT2D eigenvalue weighted by atomic mass is 10.2. The Morgan fingerprint density at radius 3 is 3.26 bits per heavy atom. The van der Waals surface area contributed by atoms with Gasteiger partial charge in [0.2, 0.25) is 11.5 Å². The molecule has 8 heteroatoms. The monoisotopic (exact) mass is 317 g/mol. The molecule has 0 amide bonds. The zero-order valence-electron chi connectivity index (χ0n) is 12.7. The van der Waals surface area contributed by atoms with Crippen LogP contribution in [0.5, 0.6) is 0 Å². The van der Waals surface area contributed by atoms with E-state index in [1.54, 1.807) is 18.3 Å². The summed E-state index contributed by atoms with van der Waals surface area (Å²) in [4.78, 5) is 17.7. The van der Waals surface area contributed by atoms with Crippen LogP contribution >= 0.6 is 0 Å². The van der Waals surface area contributed by atoms with E-state index in [1.165, 1.54) is 17.2 Å². The fourth-order valence-corrected chi connectivity index (χ4v) is 3.50. The molecule has 23 heavy (non-hydrogen) atoms. The summed E-state index contributed by atoms with van der Waals surface area (Å²) in [5.41, 5.74) is 0.561. The fraction of sp³-hybridized carbons (Fsp3) is 0.533. The quantitative estimate of drug-likeness (QED) is 0.680. The molecule has 2 aromatic heterocycles. The lowest BCUT2D eigenvalue weighted by molar-refractivity contribution is -0.389. The van der Waals surface area contributed by atoms with E-state index in [4.69, 9.17) is 4.74 Å². The molecule has 2 fully saturated rings. The van der Waals surface area contributed by atoms with E-state index in [0.29, 0.717) is 24.1 Å². The summed E-state index contributed by atoms with van der Waals surface area (Å²) in [6.45, 7) is 3.27. The Kier molecular flexibility index (Phi) is 3.62. The highest BCUT2D eigenvalue weighted by Gasteiger charge is 2.32. The molecule has 0 bridgehead atoms. The fourth-order valence-electron chi connectivity index (χ4n) is 3.50. The third-order valence-electron chi connectivity index (χ3n) is 4.64. The van der Waals surface area contributed by atoms with Gasteiger partial charge in [0.05, 0.1) is 18.9 Å². The SMILES string of the molecule is O=[N+]([O-])c1c(NC[C@@H]2CN3CCC[C@H]3CO2)nc2ccccn12. The van der Waals surface area contributed by atoms with E-state index in [2.05, 4.69) is 15.2 Å². The number of imidazole rings is 1. The third-order valence-corrected chi connectivity index (χ3v) is 4.64. The highest BCUT2D eigenvalue weighted by molar-refractivity contribution is 5.62. The molecular weight excluding hydrogens is 298 g/mol. The average molecular weight is 317 g/mol. The van der Waals surface area contributed by atoms with Crippen LogP contribution in [0.1, 0.15) is 12.8 Å². The van der Waals surface area contributed by atoms with Crippen LogP contribution in [0.3, 0.4) is 0 Å². The van der Waals surface area contributed by atoms with Gasteiger partial charge in [-0.2, -0.15) is 9.38 Å². The molecule has 0 aliphatic carbocycles. The van der Waals surface area contributed by atoms with Gasteiger partial charge in [0.1, 0.15) is 0 Å². The number of anilines is 1. The largest absolute Gasteiger partial charge is 0.373 e. The molecular formula is C15H19N5O3. The van der Waals surface area contributed by atoms with Gasteiger partial charge in [0.15, 0.2) is 0 Å². The van der Waals surface area contributed by atoms with Crippen molar-refractivity contribution in [3.63, 3.8) is 0 Å². The van der Waals surface area contributed by atoms with Crippen molar-refractivity contribution in [2.24, 2.45) is 0 Å². The maximum Gasteiger partial charge on any atom is 0.372 e. The summed E-state index contributed by atoms with van der Waals surface area (Å²) in [6, 6.07) is 5.87. The molecule has 4 heterocycles. The molecule has 2 saturated heterocycles. The Bertz CT molecular complexity index is 731. The summed E-state index contributed by atoms with van der Waals surface area (Å²) in [5, 5.41) is 14.5. The van der Waals surface area contributed by atoms with Gasteiger partial charge in [-0.1, -0.05) is 6.07 Å². The van der Waals surface area contributed by atoms with Gasteiger partial charge in [-0.05, 0) is 30.4 Å². The van der Waals surface area contributed by atoms with Gasteiger partial charge >= 0.3 is 5.82 Å². The van der Waals surface area contributed by atoms with Crippen LogP contribution in [0.4, 0.5) is 11.6 Å². The number of hydrogen-bond acceptors (Lipinski definition) is 6. The van der Waals surface area contributed by atoms with Crippen molar-refractivity contribution in [2.45, 2.75) is 25.0 Å². The van der Waals surface area contributed by atoms with E-state index in [-0.39, 0.29) is 11.9 Å². The van der Waals surface area contributed by atoms with E-state index in [0.717, 1.165) is 19.7 Å². The minimum Gasteiger partial charge on any atom is -0.373 e. The maximum atomic E-state index is 11.4. The molecule has 4 rings (SSSR count). The van der Waals surface area contributed by atoms with E-state index < -0.39 is 4.92 Å². The number of ether oxygens (including phenoxy) is 1. The molecule has 0 aromatic carbocycles. The molecule has 2 aliphatic heterocycles. The minimum absolute atomic E-state index is 0.0320. The number of nitro groups is 1. The second-order valence-electron chi connectivity index (χ2n) is 6.10. The van der Waals surface area contributed by atoms with Crippen LogP contribution in [0.2, 0.25) is 0 Å². The standard InChI is InChI=1S/C15H19N5O3/c21-20(22)15-14(17-13-5-1-2-7-19(13)15)16-8-12-9-18-6-3-4-11(18)10-23-12/h1-2,5,7,11-12,16H,3-4,6,8-10H2/t11-,12+/m0/s1. The van der Waals surface area contributed by atoms with Crippen LogP contribution < -0.4 is 5.32 Å². The molecule has 0 unspecified atom stereocenters. The minimum atomic E-state index is -0.402. The van der Waals surface area contributed by atoms with Gasteiger partial charge in [-0.25, -0.2) is 0 Å². The van der Waals surface area contributed by atoms with Crippen molar-refractivity contribution in [3.05, 3.63) is 34.5 Å². The predicted octanol–water partition coefficient (Wildman–Crippen LogP) is 1.52. The topological polar surface area (TPSA) is 84.9 Å². The summed E-state index contributed by atoms with van der Waals surface area (Å²) < 4.78 is 7.37. The van der Waals surface area contributed by atoms with Crippen molar-refractivity contribution in [2.75, 3.05) is 31.6 Å². The molecule has 8 nitrogen and oxygen atoms in total. The number of aromatic nitrogens is 2. The highest BCUT2D eigenvalue weighted by Crippen LogP contribution is 2.26. The van der Waals surface area contributed by atoms with Crippen molar-refractivity contribution in [3.8, 4) is 0 Å². The van der Waals surface area contributed by atoms with Gasteiger partial charge in [-0.3, -0.25) is 4.90 Å². The number of fused-ring (bicyclic) bond motifs is 2. The lowest BCUT2D eigenvalue weighted by Gasteiger charge is -2.35. The molecule has 0 spiro atoms. The van der Waals surface area contributed by atoms with Gasteiger partial charge in [-0.15, -0.1) is 0 Å². The summed E-state index contributed by atoms with van der Waals surface area (Å²) in [6.07, 6.45) is 4.12. The molecule has 122 valence electrons. The Morgan fingerprint density at radius 1 is 1.48 bits per heavy atom. The molecule has 0 radical (unpaired) electrons. The van der Waals surface area contributed by atoms with E-state index in [1.807, 2.05) is 6.07 Å². The Balaban J connectivity index is 1.49. The second kappa shape index (κ2) is 5.78. The first-order chi connectivity index (χ1) is 11.2. The number of hydrogen-bond donors (Lipinski definition) is 1. The number of morpholine rings is 1. The first-order valence-corrected chi connectivity index (χ1v) is 7.93. The smallest absolute Gasteiger partial charge is 0.372 e. The van der Waals surface area contributed by atoms with Crippen LogP contribution in [-0.2, 0) is 4.74 Å². The number of pyridine rings is 1. The normalized spacial score (nSPS) is 24.7. The van der Waals surface area contributed by atoms with Crippen LogP contribution in [0, 0.1) is 10.1 Å². The lowest BCUT2D eigenvalue weighted by Crippen LogP contribution is -2.48. The molecule has 1 N–H and O–H groups in total. The van der Waals surface area contributed by atoms with Gasteiger partial charge < -0.3 is 20.2 Å². The third kappa shape index (κ3) is 2.64.